The van der Waals surface area contributed by atoms with Gasteiger partial charge < -0.3 is 5.32 Å². The van der Waals surface area contributed by atoms with Crippen molar-refractivity contribution in [1.29, 1.82) is 0 Å². The van der Waals surface area contributed by atoms with E-state index in [2.05, 4.69) is 10.0 Å². The summed E-state index contributed by atoms with van der Waals surface area (Å²) in [6, 6.07) is 16.8. The van der Waals surface area contributed by atoms with Crippen molar-refractivity contribution < 1.29 is 17.6 Å². The third-order valence-electron chi connectivity index (χ3n) is 4.48. The predicted molar refractivity (Wildman–Crippen MR) is 112 cm³/mol. The molecule has 0 radical (unpaired) electrons. The molecule has 7 heteroatoms. The molecule has 0 unspecified atom stereocenters. The number of amides is 1. The van der Waals surface area contributed by atoms with Crippen molar-refractivity contribution in [1.82, 2.24) is 0 Å². The van der Waals surface area contributed by atoms with E-state index in [9.17, 15) is 17.6 Å². The van der Waals surface area contributed by atoms with Crippen LogP contribution in [0.2, 0.25) is 0 Å². The minimum absolute atomic E-state index is 0.0361. The molecular weight excluding hydrogens is 391 g/mol. The molecule has 5 nitrogen and oxygen atoms in total. The van der Waals surface area contributed by atoms with Crippen molar-refractivity contribution in [3.63, 3.8) is 0 Å². The first kappa shape index (κ1) is 20.5. The number of carbonyl (C=O) groups excluding carboxylic acids is 1. The molecule has 3 rings (SSSR count). The molecule has 0 aliphatic rings. The van der Waals surface area contributed by atoms with E-state index in [0.717, 1.165) is 11.1 Å². The van der Waals surface area contributed by atoms with Crippen LogP contribution >= 0.6 is 0 Å². The van der Waals surface area contributed by atoms with Gasteiger partial charge in [0.15, 0.2) is 0 Å². The minimum Gasteiger partial charge on any atom is -0.326 e. The van der Waals surface area contributed by atoms with Crippen LogP contribution in [0.25, 0.3) is 0 Å². The lowest BCUT2D eigenvalue weighted by molar-refractivity contribution is -0.115. The molecule has 0 aliphatic carbocycles. The van der Waals surface area contributed by atoms with Crippen LogP contribution in [-0.4, -0.2) is 14.3 Å². The molecule has 29 heavy (non-hydrogen) atoms. The molecule has 0 aromatic heterocycles. The fourth-order valence-corrected chi connectivity index (χ4v) is 3.81. The van der Waals surface area contributed by atoms with E-state index in [0.29, 0.717) is 5.69 Å². The van der Waals surface area contributed by atoms with Gasteiger partial charge >= 0.3 is 0 Å². The van der Waals surface area contributed by atoms with Gasteiger partial charge in [-0.3, -0.25) is 9.52 Å². The van der Waals surface area contributed by atoms with Gasteiger partial charge in [-0.1, -0.05) is 18.2 Å². The topological polar surface area (TPSA) is 75.3 Å². The summed E-state index contributed by atoms with van der Waals surface area (Å²) in [6.07, 6.45) is 0.229. The Bertz CT molecular complexity index is 1130. The Labute approximate surface area is 169 Å². The molecule has 1 amide bonds. The highest BCUT2D eigenvalue weighted by molar-refractivity contribution is 7.92. The lowest BCUT2D eigenvalue weighted by Gasteiger charge is -2.10. The number of aryl methyl sites for hydroxylation is 2. The molecule has 150 valence electrons. The van der Waals surface area contributed by atoms with Gasteiger partial charge in [-0.2, -0.15) is 0 Å². The molecule has 0 bridgehead atoms. The second kappa shape index (κ2) is 8.45. The van der Waals surface area contributed by atoms with E-state index in [1.165, 1.54) is 54.1 Å². The summed E-state index contributed by atoms with van der Waals surface area (Å²) in [5.41, 5.74) is 3.96. The van der Waals surface area contributed by atoms with Crippen molar-refractivity contribution in [3.05, 3.63) is 89.2 Å². The number of benzene rings is 3. The number of nitrogens with one attached hydrogen (secondary N) is 2. The van der Waals surface area contributed by atoms with E-state index in [1.807, 2.05) is 32.0 Å². The number of sulfonamides is 1. The summed E-state index contributed by atoms with van der Waals surface area (Å²) in [5, 5.41) is 2.76. The van der Waals surface area contributed by atoms with Gasteiger partial charge in [-0.25, -0.2) is 12.8 Å². The molecule has 3 aromatic carbocycles. The summed E-state index contributed by atoms with van der Waals surface area (Å²) in [4.78, 5) is 12.3. The van der Waals surface area contributed by atoms with Crippen LogP contribution in [0.15, 0.2) is 71.6 Å². The van der Waals surface area contributed by atoms with Crippen molar-refractivity contribution in [2.45, 2.75) is 25.2 Å². The first-order valence-corrected chi connectivity index (χ1v) is 10.5. The maximum absolute atomic E-state index is 13.0. The fraction of sp³-hybridized carbons (Fsp3) is 0.136. The maximum atomic E-state index is 13.0. The average Bonchev–Trinajstić information content (AvgIpc) is 2.67. The van der Waals surface area contributed by atoms with Crippen LogP contribution < -0.4 is 10.0 Å². The second-order valence-corrected chi connectivity index (χ2v) is 8.46. The summed E-state index contributed by atoms with van der Waals surface area (Å²) in [5.74, 6) is -0.637. The van der Waals surface area contributed by atoms with Crippen LogP contribution in [0.5, 0.6) is 0 Å². The molecule has 2 N–H and O–H groups in total. The van der Waals surface area contributed by atoms with E-state index >= 15 is 0 Å². The van der Waals surface area contributed by atoms with Gasteiger partial charge in [0.05, 0.1) is 11.3 Å². The summed E-state index contributed by atoms with van der Waals surface area (Å²) in [6.45, 7) is 4.01. The molecule has 0 spiro atoms. The van der Waals surface area contributed by atoms with Gasteiger partial charge in [-0.15, -0.1) is 0 Å². The third-order valence-corrected chi connectivity index (χ3v) is 5.88. The number of hydrogen-bond acceptors (Lipinski definition) is 3. The fourth-order valence-electron chi connectivity index (χ4n) is 2.75. The molecule has 0 heterocycles. The molecule has 3 aromatic rings. The summed E-state index contributed by atoms with van der Waals surface area (Å²) >= 11 is 0. The van der Waals surface area contributed by atoms with Crippen molar-refractivity contribution in [3.8, 4) is 0 Å². The lowest BCUT2D eigenvalue weighted by Crippen LogP contribution is -2.15. The van der Waals surface area contributed by atoms with Crippen molar-refractivity contribution in [2.75, 3.05) is 10.0 Å². The normalized spacial score (nSPS) is 11.1. The Balaban J connectivity index is 1.65. The van der Waals surface area contributed by atoms with E-state index < -0.39 is 15.8 Å². The van der Waals surface area contributed by atoms with Gasteiger partial charge in [0.1, 0.15) is 5.82 Å². The van der Waals surface area contributed by atoms with Gasteiger partial charge in [-0.05, 0) is 79.1 Å². The molecule has 0 saturated carbocycles. The number of rotatable bonds is 6. The van der Waals surface area contributed by atoms with Crippen molar-refractivity contribution >= 4 is 27.3 Å². The molecular formula is C22H21FN2O3S. The second-order valence-electron chi connectivity index (χ2n) is 6.78. The molecule has 0 aliphatic heterocycles. The van der Waals surface area contributed by atoms with Crippen LogP contribution in [-0.2, 0) is 21.2 Å². The Morgan fingerprint density at radius 3 is 2.10 bits per heavy atom. The number of halogens is 1. The highest BCUT2D eigenvalue weighted by Gasteiger charge is 2.14. The Morgan fingerprint density at radius 1 is 0.862 bits per heavy atom. The van der Waals surface area contributed by atoms with Gasteiger partial charge in [0, 0.05) is 11.4 Å². The highest BCUT2D eigenvalue weighted by Crippen LogP contribution is 2.19. The summed E-state index contributed by atoms with van der Waals surface area (Å²) < 4.78 is 40.2. The van der Waals surface area contributed by atoms with Crippen LogP contribution in [0.3, 0.4) is 0 Å². The Kier molecular flexibility index (Phi) is 5.98. The predicted octanol–water partition coefficient (Wildman–Crippen LogP) is 4.42. The average molecular weight is 412 g/mol. The SMILES string of the molecule is Cc1ccc(CC(=O)Nc2ccc(S(=O)(=O)Nc3ccc(F)cc3)cc2)cc1C. The third kappa shape index (κ3) is 5.42. The smallest absolute Gasteiger partial charge is 0.261 e. The highest BCUT2D eigenvalue weighted by atomic mass is 32.2. The van der Waals surface area contributed by atoms with Gasteiger partial charge in [0.25, 0.3) is 10.0 Å². The first-order chi connectivity index (χ1) is 13.7. The number of carbonyl (C=O) groups is 1. The van der Waals surface area contributed by atoms with E-state index in [4.69, 9.17) is 0 Å². The zero-order valence-corrected chi connectivity index (χ0v) is 16.9. The monoisotopic (exact) mass is 412 g/mol. The zero-order valence-electron chi connectivity index (χ0n) is 16.1. The number of hydrogen-bond donors (Lipinski definition) is 2. The summed E-state index contributed by atoms with van der Waals surface area (Å²) in [7, 11) is -3.81. The molecule has 0 fully saturated rings. The van der Waals surface area contributed by atoms with Gasteiger partial charge in [0.2, 0.25) is 5.91 Å². The Hall–Kier alpha value is -3.19. The quantitative estimate of drug-likeness (QED) is 0.629. The molecule has 0 saturated heterocycles. The standard InChI is InChI=1S/C22H21FN2O3S/c1-15-3-4-17(13-16(15)2)14-22(26)24-19-9-11-21(12-10-19)29(27,28)25-20-7-5-18(23)6-8-20/h3-13,25H,14H2,1-2H3,(H,24,26). The zero-order chi connectivity index (χ0) is 21.0. The number of anilines is 2. The van der Waals surface area contributed by atoms with E-state index in [1.54, 1.807) is 0 Å². The van der Waals surface area contributed by atoms with Crippen LogP contribution in [0, 0.1) is 19.7 Å². The Morgan fingerprint density at radius 2 is 1.48 bits per heavy atom. The lowest BCUT2D eigenvalue weighted by atomic mass is 10.0. The van der Waals surface area contributed by atoms with Crippen molar-refractivity contribution in [2.24, 2.45) is 0 Å². The van der Waals surface area contributed by atoms with Crippen LogP contribution in [0.4, 0.5) is 15.8 Å². The van der Waals surface area contributed by atoms with Crippen LogP contribution in [0.1, 0.15) is 16.7 Å². The molecule has 0 atom stereocenters. The van der Waals surface area contributed by atoms with E-state index in [-0.39, 0.29) is 22.9 Å². The largest absolute Gasteiger partial charge is 0.326 e. The maximum Gasteiger partial charge on any atom is 0.261 e. The first-order valence-electron chi connectivity index (χ1n) is 8.97. The minimum atomic E-state index is -3.81.